The smallest absolute Gasteiger partial charge is 0.408 e. The Hall–Kier alpha value is -2.61. The van der Waals surface area contributed by atoms with Gasteiger partial charge in [-0.2, -0.15) is 0 Å². The van der Waals surface area contributed by atoms with Crippen LogP contribution in [0.1, 0.15) is 91.8 Å². The van der Waals surface area contributed by atoms with E-state index in [1.165, 1.54) is 4.90 Å². The van der Waals surface area contributed by atoms with Gasteiger partial charge in [0.2, 0.25) is 11.8 Å². The molecule has 0 aliphatic carbocycles. The molecule has 0 saturated carbocycles. The largest absolute Gasteiger partial charge is 0.444 e. The van der Waals surface area contributed by atoms with Crippen molar-refractivity contribution in [2.45, 2.75) is 104 Å². The van der Waals surface area contributed by atoms with Crippen molar-refractivity contribution in [1.82, 2.24) is 15.5 Å². The van der Waals surface area contributed by atoms with Crippen LogP contribution in [-0.4, -0.2) is 58.2 Å². The molecule has 2 atom stereocenters. The molecule has 0 aliphatic rings. The van der Waals surface area contributed by atoms with Crippen molar-refractivity contribution in [3.05, 3.63) is 35.4 Å². The highest BCUT2D eigenvalue weighted by Gasteiger charge is 2.42. The van der Waals surface area contributed by atoms with Crippen LogP contribution in [0.15, 0.2) is 24.3 Å². The van der Waals surface area contributed by atoms with Crippen LogP contribution in [0.4, 0.5) is 4.79 Å². The maximum absolute atomic E-state index is 13.9. The molecule has 0 heterocycles. The Morgan fingerprint density at radius 2 is 1.63 bits per heavy atom. The summed E-state index contributed by atoms with van der Waals surface area (Å²) < 4.78 is 5.28. The topological polar surface area (TPSA) is 108 Å². The first-order chi connectivity index (χ1) is 16.3. The van der Waals surface area contributed by atoms with Crippen LogP contribution < -0.4 is 10.6 Å². The Kier molecular flexibility index (Phi) is 11.7. The van der Waals surface area contributed by atoms with Gasteiger partial charge in [-0.1, -0.05) is 51.5 Å². The summed E-state index contributed by atoms with van der Waals surface area (Å²) in [5, 5.41) is 15.5. The first-order valence-corrected chi connectivity index (χ1v) is 12.6. The summed E-state index contributed by atoms with van der Waals surface area (Å²) in [5.41, 5.74) is 0.264. The minimum atomic E-state index is -1.27. The minimum Gasteiger partial charge on any atom is -0.444 e. The number of nitrogens with zero attached hydrogens (tertiary/aromatic N) is 1. The quantitative estimate of drug-likeness (QED) is 0.381. The molecule has 0 aromatic heterocycles. The molecule has 0 saturated heterocycles. The van der Waals surface area contributed by atoms with Gasteiger partial charge in [0.05, 0.1) is 6.61 Å². The fraction of sp³-hybridized carbons (Fsp3) is 0.667. The van der Waals surface area contributed by atoms with Gasteiger partial charge in [0.15, 0.2) is 0 Å². The zero-order chi connectivity index (χ0) is 26.8. The number of aliphatic hydroxyl groups is 1. The lowest BCUT2D eigenvalue weighted by atomic mass is 9.91. The number of benzene rings is 1. The maximum Gasteiger partial charge on any atom is 0.408 e. The summed E-state index contributed by atoms with van der Waals surface area (Å²) in [4.78, 5) is 41.3. The Balaban J connectivity index is 3.49. The highest BCUT2D eigenvalue weighted by Crippen LogP contribution is 2.32. The van der Waals surface area contributed by atoms with E-state index >= 15 is 0 Å². The number of alkyl carbamates (subject to hydrolysis) is 1. The van der Waals surface area contributed by atoms with E-state index in [0.29, 0.717) is 18.5 Å². The SMILES string of the molecule is CCCCNC(=O)C(c1ccc(CC)cc1)N(C(=O)C(CO)NC(=O)OC(C)(C)C)C(C)(C)CC. The van der Waals surface area contributed by atoms with Crippen LogP contribution in [0.3, 0.4) is 0 Å². The summed E-state index contributed by atoms with van der Waals surface area (Å²) in [6.45, 7) is 14.8. The fourth-order valence-electron chi connectivity index (χ4n) is 3.59. The number of aryl methyl sites for hydroxylation is 1. The molecule has 1 rings (SSSR count). The van der Waals surface area contributed by atoms with Crippen molar-refractivity contribution < 1.29 is 24.2 Å². The van der Waals surface area contributed by atoms with Crippen LogP contribution in [0.5, 0.6) is 0 Å². The van der Waals surface area contributed by atoms with Crippen molar-refractivity contribution in [3.8, 4) is 0 Å². The lowest BCUT2D eigenvalue weighted by Gasteiger charge is -2.44. The second-order valence-electron chi connectivity index (χ2n) is 10.4. The van der Waals surface area contributed by atoms with E-state index in [1.54, 1.807) is 20.8 Å². The molecule has 2 unspecified atom stereocenters. The Bertz CT molecular complexity index is 830. The number of ether oxygens (including phenoxy) is 1. The number of carbonyl (C=O) groups excluding carboxylic acids is 3. The average molecular weight is 492 g/mol. The first kappa shape index (κ1) is 30.4. The van der Waals surface area contributed by atoms with E-state index in [1.807, 2.05) is 58.9 Å². The second kappa shape index (κ2) is 13.5. The van der Waals surface area contributed by atoms with E-state index in [0.717, 1.165) is 24.8 Å². The first-order valence-electron chi connectivity index (χ1n) is 12.6. The minimum absolute atomic E-state index is 0.300. The van der Waals surface area contributed by atoms with Crippen molar-refractivity contribution in [1.29, 1.82) is 0 Å². The van der Waals surface area contributed by atoms with Crippen LogP contribution in [0, 0.1) is 0 Å². The third kappa shape index (κ3) is 9.17. The molecule has 0 aliphatic heterocycles. The molecule has 3 N–H and O–H groups in total. The molecule has 1 aromatic carbocycles. The molecule has 198 valence electrons. The van der Waals surface area contributed by atoms with Gasteiger partial charge < -0.3 is 25.4 Å². The van der Waals surface area contributed by atoms with Gasteiger partial charge in [-0.05, 0) is 65.0 Å². The Morgan fingerprint density at radius 3 is 2.09 bits per heavy atom. The molecule has 0 bridgehead atoms. The zero-order valence-electron chi connectivity index (χ0n) is 22.7. The number of aliphatic hydroxyl groups excluding tert-OH is 1. The predicted molar refractivity (Wildman–Crippen MR) is 138 cm³/mol. The van der Waals surface area contributed by atoms with E-state index in [-0.39, 0.29) is 5.91 Å². The lowest BCUT2D eigenvalue weighted by molar-refractivity contribution is -0.150. The molecular weight excluding hydrogens is 446 g/mol. The molecule has 0 radical (unpaired) electrons. The highest BCUT2D eigenvalue weighted by atomic mass is 16.6. The molecule has 0 fully saturated rings. The van der Waals surface area contributed by atoms with E-state index in [2.05, 4.69) is 10.6 Å². The van der Waals surface area contributed by atoms with Crippen LogP contribution in [0.25, 0.3) is 0 Å². The van der Waals surface area contributed by atoms with Gasteiger partial charge in [-0.15, -0.1) is 0 Å². The monoisotopic (exact) mass is 491 g/mol. The summed E-state index contributed by atoms with van der Waals surface area (Å²) in [6, 6.07) is 5.43. The van der Waals surface area contributed by atoms with E-state index in [4.69, 9.17) is 4.74 Å². The highest BCUT2D eigenvalue weighted by molar-refractivity contribution is 5.92. The molecule has 8 nitrogen and oxygen atoms in total. The summed E-state index contributed by atoms with van der Waals surface area (Å²) in [7, 11) is 0. The number of carbonyl (C=O) groups is 3. The van der Waals surface area contributed by atoms with E-state index < -0.39 is 41.8 Å². The normalized spacial score (nSPS) is 13.5. The van der Waals surface area contributed by atoms with Crippen molar-refractivity contribution in [3.63, 3.8) is 0 Å². The summed E-state index contributed by atoms with van der Waals surface area (Å²) in [5.74, 6) is -0.855. The van der Waals surface area contributed by atoms with Gasteiger partial charge >= 0.3 is 6.09 Å². The van der Waals surface area contributed by atoms with Crippen molar-refractivity contribution >= 4 is 17.9 Å². The van der Waals surface area contributed by atoms with Crippen molar-refractivity contribution in [2.75, 3.05) is 13.2 Å². The van der Waals surface area contributed by atoms with Crippen LogP contribution in [-0.2, 0) is 20.7 Å². The van der Waals surface area contributed by atoms with Gasteiger partial charge in [-0.3, -0.25) is 9.59 Å². The van der Waals surface area contributed by atoms with Gasteiger partial charge in [0.1, 0.15) is 17.7 Å². The van der Waals surface area contributed by atoms with Gasteiger partial charge in [0, 0.05) is 12.1 Å². The molecule has 8 heteroatoms. The number of hydrogen-bond acceptors (Lipinski definition) is 5. The Morgan fingerprint density at radius 1 is 1.03 bits per heavy atom. The number of unbranched alkanes of at least 4 members (excludes halogenated alkanes) is 1. The van der Waals surface area contributed by atoms with Crippen LogP contribution in [0.2, 0.25) is 0 Å². The van der Waals surface area contributed by atoms with Gasteiger partial charge in [0.25, 0.3) is 0 Å². The lowest BCUT2D eigenvalue weighted by Crippen LogP contribution is -2.60. The average Bonchev–Trinajstić information content (AvgIpc) is 2.79. The molecule has 1 aromatic rings. The van der Waals surface area contributed by atoms with Gasteiger partial charge in [-0.25, -0.2) is 4.79 Å². The predicted octanol–water partition coefficient (Wildman–Crippen LogP) is 4.11. The van der Waals surface area contributed by atoms with Crippen LogP contribution >= 0.6 is 0 Å². The standard InChI is InChI=1S/C27H45N3O5/c1-9-12-17-28-23(32)22(20-15-13-19(10-2)14-16-20)30(27(7,8)11-3)24(33)21(18-31)29-25(34)35-26(4,5)6/h13-16,21-22,31H,9-12,17-18H2,1-8H3,(H,28,32)(H,29,34). The number of hydrogen-bond donors (Lipinski definition) is 3. The number of nitrogens with one attached hydrogen (secondary N) is 2. The molecule has 35 heavy (non-hydrogen) atoms. The number of amides is 3. The third-order valence-corrected chi connectivity index (χ3v) is 5.97. The van der Waals surface area contributed by atoms with Crippen molar-refractivity contribution in [2.24, 2.45) is 0 Å². The molecule has 3 amide bonds. The zero-order valence-corrected chi connectivity index (χ0v) is 22.7. The Labute approximate surface area is 210 Å². The number of rotatable bonds is 12. The molecule has 0 spiro atoms. The summed E-state index contributed by atoms with van der Waals surface area (Å²) >= 11 is 0. The fourth-order valence-corrected chi connectivity index (χ4v) is 3.59. The summed E-state index contributed by atoms with van der Waals surface area (Å²) in [6.07, 6.45) is 2.33. The molecular formula is C27H45N3O5. The second-order valence-corrected chi connectivity index (χ2v) is 10.4. The van der Waals surface area contributed by atoms with E-state index in [9.17, 15) is 19.5 Å². The third-order valence-electron chi connectivity index (χ3n) is 5.97. The maximum atomic E-state index is 13.9.